The largest absolute Gasteiger partial charge is 0.459 e. The topological polar surface area (TPSA) is 51.6 Å². The summed E-state index contributed by atoms with van der Waals surface area (Å²) in [4.78, 5) is 2.38. The number of benzene rings is 1. The van der Waals surface area contributed by atoms with Gasteiger partial charge in [-0.3, -0.25) is 4.90 Å². The van der Waals surface area contributed by atoms with Crippen LogP contribution in [0.3, 0.4) is 0 Å². The van der Waals surface area contributed by atoms with E-state index in [-0.39, 0.29) is 6.04 Å². The van der Waals surface area contributed by atoms with Crippen LogP contribution in [0.4, 0.5) is 0 Å². The zero-order valence-corrected chi connectivity index (χ0v) is 12.8. The standard InChI is InChI=1S/C17H24N2O2/c1-12-7-8-19(11-17(12)20-2)10-14(18)16-9-13-5-3-4-6-15(13)21-16/h3-6,9,12,14,17H,7-8,10-11,18H2,1-2H3. The van der Waals surface area contributed by atoms with E-state index in [0.29, 0.717) is 12.0 Å². The lowest BCUT2D eigenvalue weighted by Crippen LogP contribution is -2.46. The molecule has 2 aromatic rings. The highest BCUT2D eigenvalue weighted by Crippen LogP contribution is 2.25. The molecule has 0 spiro atoms. The second kappa shape index (κ2) is 6.18. The molecule has 1 aromatic heterocycles. The lowest BCUT2D eigenvalue weighted by atomic mass is 9.95. The van der Waals surface area contributed by atoms with Crippen molar-refractivity contribution in [2.24, 2.45) is 11.7 Å². The normalized spacial score (nSPS) is 25.3. The van der Waals surface area contributed by atoms with Crippen LogP contribution < -0.4 is 5.73 Å². The van der Waals surface area contributed by atoms with Crippen LogP contribution in [0.15, 0.2) is 34.7 Å². The molecule has 0 bridgehead atoms. The van der Waals surface area contributed by atoms with Crippen LogP contribution in [-0.2, 0) is 4.74 Å². The molecule has 1 saturated heterocycles. The average Bonchev–Trinajstić information content (AvgIpc) is 2.93. The van der Waals surface area contributed by atoms with E-state index >= 15 is 0 Å². The SMILES string of the molecule is COC1CN(CC(N)c2cc3ccccc3o2)CCC1C. The molecule has 1 aromatic carbocycles. The van der Waals surface area contributed by atoms with Crippen molar-refractivity contribution in [3.05, 3.63) is 36.1 Å². The first-order valence-electron chi connectivity index (χ1n) is 7.66. The number of para-hydroxylation sites is 1. The molecule has 0 saturated carbocycles. The third kappa shape index (κ3) is 3.12. The van der Waals surface area contributed by atoms with Crippen LogP contribution in [0.1, 0.15) is 25.1 Å². The minimum Gasteiger partial charge on any atom is -0.459 e. The van der Waals surface area contributed by atoms with Gasteiger partial charge in [0.15, 0.2) is 0 Å². The van der Waals surface area contributed by atoms with Crippen molar-refractivity contribution in [3.63, 3.8) is 0 Å². The molecular weight excluding hydrogens is 264 g/mol. The number of methoxy groups -OCH3 is 1. The Labute approximate surface area is 125 Å². The molecule has 2 heterocycles. The summed E-state index contributed by atoms with van der Waals surface area (Å²) >= 11 is 0. The Balaban J connectivity index is 1.67. The van der Waals surface area contributed by atoms with Crippen molar-refractivity contribution in [1.29, 1.82) is 0 Å². The maximum atomic E-state index is 6.34. The lowest BCUT2D eigenvalue weighted by molar-refractivity contribution is -0.00690. The van der Waals surface area contributed by atoms with Crippen molar-refractivity contribution in [1.82, 2.24) is 4.90 Å². The number of fused-ring (bicyclic) bond motifs is 1. The minimum absolute atomic E-state index is 0.0942. The lowest BCUT2D eigenvalue weighted by Gasteiger charge is -2.37. The van der Waals surface area contributed by atoms with Crippen molar-refractivity contribution in [2.45, 2.75) is 25.5 Å². The van der Waals surface area contributed by atoms with Gasteiger partial charge >= 0.3 is 0 Å². The van der Waals surface area contributed by atoms with E-state index in [1.807, 2.05) is 18.2 Å². The van der Waals surface area contributed by atoms with E-state index in [1.54, 1.807) is 7.11 Å². The Morgan fingerprint density at radius 3 is 3.00 bits per heavy atom. The fourth-order valence-corrected chi connectivity index (χ4v) is 3.12. The molecule has 1 aliphatic rings. The molecule has 1 aliphatic heterocycles. The Morgan fingerprint density at radius 2 is 2.24 bits per heavy atom. The first kappa shape index (κ1) is 14.6. The molecule has 3 rings (SSSR count). The Hall–Kier alpha value is -1.36. The van der Waals surface area contributed by atoms with Gasteiger partial charge in [0.05, 0.1) is 12.1 Å². The van der Waals surface area contributed by atoms with E-state index in [0.717, 1.165) is 42.8 Å². The molecule has 3 unspecified atom stereocenters. The van der Waals surface area contributed by atoms with E-state index in [2.05, 4.69) is 24.0 Å². The number of nitrogens with two attached hydrogens (primary N) is 1. The monoisotopic (exact) mass is 288 g/mol. The highest BCUT2D eigenvalue weighted by atomic mass is 16.5. The Bertz CT molecular complexity index is 562. The number of hydrogen-bond donors (Lipinski definition) is 1. The summed E-state index contributed by atoms with van der Waals surface area (Å²) in [6.45, 7) is 5.09. The van der Waals surface area contributed by atoms with Crippen LogP contribution in [0, 0.1) is 5.92 Å². The van der Waals surface area contributed by atoms with Crippen molar-refractivity contribution < 1.29 is 9.15 Å². The van der Waals surface area contributed by atoms with Crippen LogP contribution in [0.25, 0.3) is 11.0 Å². The van der Waals surface area contributed by atoms with Crippen LogP contribution in [-0.4, -0.2) is 37.7 Å². The van der Waals surface area contributed by atoms with Gasteiger partial charge in [0.25, 0.3) is 0 Å². The molecule has 4 nitrogen and oxygen atoms in total. The second-order valence-electron chi connectivity index (χ2n) is 6.09. The maximum absolute atomic E-state index is 6.34. The number of furan rings is 1. The highest BCUT2D eigenvalue weighted by Gasteiger charge is 2.27. The van der Waals surface area contributed by atoms with Gasteiger partial charge < -0.3 is 14.9 Å². The molecule has 21 heavy (non-hydrogen) atoms. The van der Waals surface area contributed by atoms with Crippen molar-refractivity contribution in [3.8, 4) is 0 Å². The summed E-state index contributed by atoms with van der Waals surface area (Å²) in [5, 5.41) is 1.12. The summed E-state index contributed by atoms with van der Waals surface area (Å²) < 4.78 is 11.4. The van der Waals surface area contributed by atoms with E-state index in [9.17, 15) is 0 Å². The molecule has 0 radical (unpaired) electrons. The summed E-state index contributed by atoms with van der Waals surface area (Å²) in [6, 6.07) is 10.00. The summed E-state index contributed by atoms with van der Waals surface area (Å²) in [6.07, 6.45) is 1.47. The molecule has 3 atom stereocenters. The smallest absolute Gasteiger partial charge is 0.134 e. The van der Waals surface area contributed by atoms with Crippen LogP contribution >= 0.6 is 0 Å². The first-order chi connectivity index (χ1) is 10.2. The van der Waals surface area contributed by atoms with E-state index in [1.165, 1.54) is 0 Å². The van der Waals surface area contributed by atoms with E-state index in [4.69, 9.17) is 14.9 Å². The van der Waals surface area contributed by atoms with Gasteiger partial charge in [-0.1, -0.05) is 25.1 Å². The number of nitrogens with zero attached hydrogens (tertiary/aromatic N) is 1. The average molecular weight is 288 g/mol. The van der Waals surface area contributed by atoms with Gasteiger partial charge in [-0.2, -0.15) is 0 Å². The third-order valence-electron chi connectivity index (χ3n) is 4.54. The van der Waals surface area contributed by atoms with E-state index < -0.39 is 0 Å². The minimum atomic E-state index is -0.0942. The summed E-state index contributed by atoms with van der Waals surface area (Å²) in [5.41, 5.74) is 7.24. The van der Waals surface area contributed by atoms with Gasteiger partial charge in [0, 0.05) is 25.6 Å². The zero-order valence-electron chi connectivity index (χ0n) is 12.8. The molecule has 1 fully saturated rings. The van der Waals surface area contributed by atoms with Crippen molar-refractivity contribution in [2.75, 3.05) is 26.7 Å². The maximum Gasteiger partial charge on any atom is 0.134 e. The highest BCUT2D eigenvalue weighted by molar-refractivity contribution is 5.77. The fraction of sp³-hybridized carbons (Fsp3) is 0.529. The van der Waals surface area contributed by atoms with Crippen molar-refractivity contribution >= 4 is 11.0 Å². The second-order valence-corrected chi connectivity index (χ2v) is 6.09. The Morgan fingerprint density at radius 1 is 1.43 bits per heavy atom. The number of rotatable bonds is 4. The molecule has 4 heteroatoms. The quantitative estimate of drug-likeness (QED) is 0.940. The fourth-order valence-electron chi connectivity index (χ4n) is 3.12. The van der Waals surface area contributed by atoms with Gasteiger partial charge in [-0.25, -0.2) is 0 Å². The molecule has 0 aliphatic carbocycles. The predicted octanol–water partition coefficient (Wildman–Crippen LogP) is 2.79. The Kier molecular flexibility index (Phi) is 4.29. The molecule has 2 N–H and O–H groups in total. The predicted molar refractivity (Wildman–Crippen MR) is 84.2 cm³/mol. The summed E-state index contributed by atoms with van der Waals surface area (Å²) in [7, 11) is 1.80. The van der Waals surface area contributed by atoms with Gasteiger partial charge in [-0.15, -0.1) is 0 Å². The molecular formula is C17H24N2O2. The number of likely N-dealkylation sites (tertiary alicyclic amines) is 1. The number of hydrogen-bond acceptors (Lipinski definition) is 4. The first-order valence-corrected chi connectivity index (χ1v) is 7.66. The van der Waals surface area contributed by atoms with Crippen LogP contribution in [0.2, 0.25) is 0 Å². The molecule has 0 amide bonds. The van der Waals surface area contributed by atoms with Gasteiger partial charge in [0.2, 0.25) is 0 Å². The zero-order chi connectivity index (χ0) is 14.8. The number of piperidine rings is 1. The molecule has 114 valence electrons. The van der Waals surface area contributed by atoms with Crippen LogP contribution in [0.5, 0.6) is 0 Å². The van der Waals surface area contributed by atoms with Gasteiger partial charge in [-0.05, 0) is 31.0 Å². The number of ether oxygens (including phenoxy) is 1. The summed E-state index contributed by atoms with van der Waals surface area (Å²) in [5.74, 6) is 1.48. The van der Waals surface area contributed by atoms with Gasteiger partial charge in [0.1, 0.15) is 11.3 Å². The third-order valence-corrected chi connectivity index (χ3v) is 4.54.